The molecule has 0 spiro atoms. The number of rotatable bonds is 4. The zero-order valence-electron chi connectivity index (χ0n) is 20.1. The zero-order chi connectivity index (χ0) is 22.2. The van der Waals surface area contributed by atoms with Crippen molar-refractivity contribution in [2.75, 3.05) is 0 Å². The lowest BCUT2D eigenvalue weighted by molar-refractivity contribution is -0.0174. The summed E-state index contributed by atoms with van der Waals surface area (Å²) in [4.78, 5) is 13.7. The molecule has 0 heterocycles. The molecule has 0 amide bonds. The van der Waals surface area contributed by atoms with Gasteiger partial charge in [0.15, 0.2) is 0 Å². The van der Waals surface area contributed by atoms with E-state index in [1.54, 1.807) is 0 Å². The SMILES string of the molecule is Cc1ccccc1-c1c(C)c(C)c(C)c(C)c1C(=O)O[C@H]1C[C@H](C)CC[C@H]1C(C)C. The van der Waals surface area contributed by atoms with Crippen molar-refractivity contribution in [3.05, 3.63) is 57.6 Å². The van der Waals surface area contributed by atoms with Gasteiger partial charge in [0.2, 0.25) is 0 Å². The minimum absolute atomic E-state index is 0.00675. The molecule has 0 N–H and O–H groups in total. The number of hydrogen-bond donors (Lipinski definition) is 0. The van der Waals surface area contributed by atoms with Gasteiger partial charge in [-0.25, -0.2) is 4.79 Å². The molecule has 1 aliphatic rings. The summed E-state index contributed by atoms with van der Waals surface area (Å²) < 4.78 is 6.32. The summed E-state index contributed by atoms with van der Waals surface area (Å²) in [5.74, 6) is 1.42. The quantitative estimate of drug-likeness (QED) is 0.491. The molecule has 162 valence electrons. The predicted molar refractivity (Wildman–Crippen MR) is 126 cm³/mol. The molecule has 0 unspecified atom stereocenters. The number of hydrogen-bond acceptors (Lipinski definition) is 2. The molecule has 3 rings (SSSR count). The number of ether oxygens (including phenoxy) is 1. The van der Waals surface area contributed by atoms with Gasteiger partial charge in [-0.05, 0) is 104 Å². The van der Waals surface area contributed by atoms with Gasteiger partial charge < -0.3 is 4.74 Å². The van der Waals surface area contributed by atoms with E-state index >= 15 is 0 Å². The van der Waals surface area contributed by atoms with Crippen molar-refractivity contribution in [2.45, 2.75) is 80.8 Å². The van der Waals surface area contributed by atoms with E-state index in [2.05, 4.69) is 79.7 Å². The Morgan fingerprint density at radius 1 is 0.933 bits per heavy atom. The molecule has 1 fully saturated rings. The molecular weight excluding hydrogens is 368 g/mol. The maximum atomic E-state index is 13.7. The summed E-state index contributed by atoms with van der Waals surface area (Å²) in [6.45, 7) is 17.4. The Kier molecular flexibility index (Phi) is 6.75. The number of aryl methyl sites for hydroxylation is 1. The molecule has 2 nitrogen and oxygen atoms in total. The molecule has 0 saturated heterocycles. The number of esters is 1. The Morgan fingerprint density at radius 3 is 2.20 bits per heavy atom. The summed E-state index contributed by atoms with van der Waals surface area (Å²) in [6.07, 6.45) is 3.35. The monoisotopic (exact) mass is 406 g/mol. The summed E-state index contributed by atoms with van der Waals surface area (Å²) >= 11 is 0. The summed E-state index contributed by atoms with van der Waals surface area (Å²) in [5, 5.41) is 0. The van der Waals surface area contributed by atoms with Gasteiger partial charge in [0, 0.05) is 0 Å². The molecule has 2 aromatic rings. The van der Waals surface area contributed by atoms with Gasteiger partial charge in [0.25, 0.3) is 0 Å². The molecule has 1 aliphatic carbocycles. The van der Waals surface area contributed by atoms with E-state index in [-0.39, 0.29) is 12.1 Å². The van der Waals surface area contributed by atoms with Crippen molar-refractivity contribution >= 4 is 5.97 Å². The second-order valence-corrected chi connectivity index (χ2v) is 9.83. The summed E-state index contributed by atoms with van der Waals surface area (Å²) in [7, 11) is 0. The van der Waals surface area contributed by atoms with Gasteiger partial charge in [-0.2, -0.15) is 0 Å². The van der Waals surface area contributed by atoms with Crippen LogP contribution >= 0.6 is 0 Å². The van der Waals surface area contributed by atoms with Gasteiger partial charge in [-0.3, -0.25) is 0 Å². The van der Waals surface area contributed by atoms with E-state index in [9.17, 15) is 4.79 Å². The molecule has 0 radical (unpaired) electrons. The second-order valence-electron chi connectivity index (χ2n) is 9.83. The predicted octanol–water partition coefficient (Wildman–Crippen LogP) is 7.51. The minimum Gasteiger partial charge on any atom is -0.458 e. The largest absolute Gasteiger partial charge is 0.458 e. The van der Waals surface area contributed by atoms with Crippen molar-refractivity contribution < 1.29 is 9.53 Å². The highest BCUT2D eigenvalue weighted by molar-refractivity contribution is 6.01. The fourth-order valence-corrected chi connectivity index (χ4v) is 5.20. The van der Waals surface area contributed by atoms with Crippen molar-refractivity contribution in [2.24, 2.45) is 17.8 Å². The van der Waals surface area contributed by atoms with E-state index in [1.807, 2.05) is 0 Å². The first-order valence-electron chi connectivity index (χ1n) is 11.5. The van der Waals surface area contributed by atoms with E-state index in [1.165, 1.54) is 28.7 Å². The molecule has 1 saturated carbocycles. The van der Waals surface area contributed by atoms with Crippen LogP contribution in [0.15, 0.2) is 24.3 Å². The van der Waals surface area contributed by atoms with Crippen LogP contribution in [-0.2, 0) is 4.74 Å². The van der Waals surface area contributed by atoms with Crippen molar-refractivity contribution in [1.82, 2.24) is 0 Å². The van der Waals surface area contributed by atoms with Gasteiger partial charge in [0.1, 0.15) is 6.10 Å². The average Bonchev–Trinajstić information content (AvgIpc) is 2.69. The maximum Gasteiger partial charge on any atom is 0.339 e. The Hall–Kier alpha value is -2.09. The highest BCUT2D eigenvalue weighted by Crippen LogP contribution is 2.39. The lowest BCUT2D eigenvalue weighted by Gasteiger charge is -2.37. The van der Waals surface area contributed by atoms with Crippen LogP contribution in [0.5, 0.6) is 0 Å². The Labute approximate surface area is 183 Å². The summed E-state index contributed by atoms with van der Waals surface area (Å²) in [5.41, 5.74) is 8.79. The normalized spacial score (nSPS) is 21.7. The Balaban J connectivity index is 2.11. The van der Waals surface area contributed by atoms with E-state index in [0.29, 0.717) is 17.8 Å². The Morgan fingerprint density at radius 2 is 1.57 bits per heavy atom. The van der Waals surface area contributed by atoms with Gasteiger partial charge in [-0.1, -0.05) is 51.5 Å². The van der Waals surface area contributed by atoms with Gasteiger partial charge >= 0.3 is 5.97 Å². The third-order valence-corrected chi connectivity index (χ3v) is 7.53. The van der Waals surface area contributed by atoms with E-state index in [0.717, 1.165) is 35.1 Å². The van der Waals surface area contributed by atoms with Crippen LogP contribution in [0.1, 0.15) is 78.2 Å². The second kappa shape index (κ2) is 8.96. The third-order valence-electron chi connectivity index (χ3n) is 7.53. The molecule has 0 bridgehead atoms. The molecule has 0 aromatic heterocycles. The first kappa shape index (κ1) is 22.6. The van der Waals surface area contributed by atoms with Crippen molar-refractivity contribution in [3.63, 3.8) is 0 Å². The fourth-order valence-electron chi connectivity index (χ4n) is 5.20. The number of carbonyl (C=O) groups is 1. The van der Waals surface area contributed by atoms with E-state index in [4.69, 9.17) is 4.74 Å². The maximum absolute atomic E-state index is 13.7. The number of carbonyl (C=O) groups excluding carboxylic acids is 1. The summed E-state index contributed by atoms with van der Waals surface area (Å²) in [6, 6.07) is 8.35. The van der Waals surface area contributed by atoms with Gasteiger partial charge in [-0.15, -0.1) is 0 Å². The van der Waals surface area contributed by atoms with E-state index < -0.39 is 0 Å². The highest BCUT2D eigenvalue weighted by Gasteiger charge is 2.35. The molecule has 2 heteroatoms. The van der Waals surface area contributed by atoms with Crippen molar-refractivity contribution in [1.29, 1.82) is 0 Å². The lowest BCUT2D eigenvalue weighted by atomic mass is 9.75. The van der Waals surface area contributed by atoms with Crippen molar-refractivity contribution in [3.8, 4) is 11.1 Å². The zero-order valence-corrected chi connectivity index (χ0v) is 20.1. The topological polar surface area (TPSA) is 26.3 Å². The van der Waals surface area contributed by atoms with Crippen LogP contribution in [-0.4, -0.2) is 12.1 Å². The molecule has 30 heavy (non-hydrogen) atoms. The molecule has 3 atom stereocenters. The van der Waals surface area contributed by atoms with Gasteiger partial charge in [0.05, 0.1) is 5.56 Å². The number of benzene rings is 2. The van der Waals surface area contributed by atoms with Crippen LogP contribution in [0.4, 0.5) is 0 Å². The molecule has 0 aliphatic heterocycles. The average molecular weight is 407 g/mol. The first-order chi connectivity index (χ1) is 14.1. The van der Waals surface area contributed by atoms with Crippen LogP contribution in [0.25, 0.3) is 11.1 Å². The fraction of sp³-hybridized carbons (Fsp3) is 0.536. The smallest absolute Gasteiger partial charge is 0.339 e. The van der Waals surface area contributed by atoms with Crippen LogP contribution in [0, 0.1) is 52.4 Å². The van der Waals surface area contributed by atoms with Crippen LogP contribution in [0.3, 0.4) is 0 Å². The third kappa shape index (κ3) is 4.19. The molecular formula is C28H38O2. The lowest BCUT2D eigenvalue weighted by Crippen LogP contribution is -2.36. The van der Waals surface area contributed by atoms with Crippen LogP contribution < -0.4 is 0 Å². The first-order valence-corrected chi connectivity index (χ1v) is 11.5. The standard InChI is InChI=1S/C28H38O2/c1-16(2)23-14-13-17(3)15-25(23)30-28(29)27-22(8)20(6)19(5)21(7)26(27)24-12-10-9-11-18(24)4/h9-12,16-17,23,25H,13-15H2,1-8H3/t17-,23+,25+/m1/s1. The minimum atomic E-state index is -0.151. The Bertz CT molecular complexity index is 938. The molecule has 2 aromatic carbocycles. The van der Waals surface area contributed by atoms with Crippen LogP contribution in [0.2, 0.25) is 0 Å². The highest BCUT2D eigenvalue weighted by atomic mass is 16.5.